The summed E-state index contributed by atoms with van der Waals surface area (Å²) in [5.41, 5.74) is 5.08. The van der Waals surface area contributed by atoms with Gasteiger partial charge in [0.1, 0.15) is 5.75 Å². The highest BCUT2D eigenvalue weighted by atomic mass is 35.5. The predicted molar refractivity (Wildman–Crippen MR) is 116 cm³/mol. The van der Waals surface area contributed by atoms with Crippen LogP contribution in [0.3, 0.4) is 0 Å². The van der Waals surface area contributed by atoms with Gasteiger partial charge in [0, 0.05) is 17.6 Å². The van der Waals surface area contributed by atoms with E-state index in [0.717, 1.165) is 16.9 Å². The lowest BCUT2D eigenvalue weighted by Gasteiger charge is -2.05. The lowest BCUT2D eigenvalue weighted by atomic mass is 10.1. The van der Waals surface area contributed by atoms with E-state index >= 15 is 0 Å². The molecule has 150 valence electrons. The SMILES string of the molecule is COc1ccc(C(C)=NNC(=O)CSc2nnc(-c3ccc(Cl)cc3)n2C)cc1. The quantitative estimate of drug-likeness (QED) is 0.351. The topological polar surface area (TPSA) is 81.4 Å². The highest BCUT2D eigenvalue weighted by Gasteiger charge is 2.13. The monoisotopic (exact) mass is 429 g/mol. The summed E-state index contributed by atoms with van der Waals surface area (Å²) in [4.78, 5) is 12.1. The van der Waals surface area contributed by atoms with Crippen LogP contribution in [0.5, 0.6) is 5.75 Å². The molecule has 0 spiro atoms. The van der Waals surface area contributed by atoms with Crippen molar-refractivity contribution in [3.8, 4) is 17.1 Å². The molecule has 9 heteroatoms. The van der Waals surface area contributed by atoms with Gasteiger partial charge in [0.25, 0.3) is 5.91 Å². The van der Waals surface area contributed by atoms with Crippen LogP contribution in [0, 0.1) is 0 Å². The van der Waals surface area contributed by atoms with Gasteiger partial charge in [-0.1, -0.05) is 23.4 Å². The van der Waals surface area contributed by atoms with Gasteiger partial charge < -0.3 is 9.30 Å². The summed E-state index contributed by atoms with van der Waals surface area (Å²) in [6.45, 7) is 1.83. The fourth-order valence-corrected chi connectivity index (χ4v) is 3.33. The Morgan fingerprint density at radius 3 is 2.52 bits per heavy atom. The number of hydrazone groups is 1. The third-order valence-electron chi connectivity index (χ3n) is 4.13. The third kappa shape index (κ3) is 5.36. The Kier molecular flexibility index (Phi) is 6.90. The number of halogens is 1. The van der Waals surface area contributed by atoms with E-state index in [-0.39, 0.29) is 11.7 Å². The molecule has 1 heterocycles. The van der Waals surface area contributed by atoms with Gasteiger partial charge in [0.05, 0.1) is 18.6 Å². The first-order chi connectivity index (χ1) is 14.0. The smallest absolute Gasteiger partial charge is 0.250 e. The summed E-state index contributed by atoms with van der Waals surface area (Å²) in [6, 6.07) is 14.8. The Bertz CT molecular complexity index is 1020. The second-order valence-electron chi connectivity index (χ2n) is 6.12. The molecule has 0 bridgehead atoms. The number of thioether (sulfide) groups is 1. The Labute approximate surface area is 178 Å². The van der Waals surface area contributed by atoms with E-state index in [0.29, 0.717) is 21.7 Å². The number of amides is 1. The van der Waals surface area contributed by atoms with Crippen molar-refractivity contribution in [2.75, 3.05) is 12.9 Å². The first-order valence-electron chi connectivity index (χ1n) is 8.73. The van der Waals surface area contributed by atoms with E-state index in [1.54, 1.807) is 19.2 Å². The Morgan fingerprint density at radius 1 is 1.17 bits per heavy atom. The van der Waals surface area contributed by atoms with Gasteiger partial charge in [-0.3, -0.25) is 4.79 Å². The second-order valence-corrected chi connectivity index (χ2v) is 7.50. The molecule has 3 rings (SSSR count). The maximum absolute atomic E-state index is 12.1. The summed E-state index contributed by atoms with van der Waals surface area (Å²) < 4.78 is 6.97. The Morgan fingerprint density at radius 2 is 1.86 bits per heavy atom. The number of ether oxygens (including phenoxy) is 1. The largest absolute Gasteiger partial charge is 0.497 e. The molecule has 7 nitrogen and oxygen atoms in total. The molecule has 0 saturated carbocycles. The van der Waals surface area contributed by atoms with Crippen LogP contribution >= 0.6 is 23.4 Å². The average Bonchev–Trinajstić information content (AvgIpc) is 3.11. The van der Waals surface area contributed by atoms with Crippen molar-refractivity contribution in [3.63, 3.8) is 0 Å². The van der Waals surface area contributed by atoms with Crippen LogP contribution in [0.4, 0.5) is 0 Å². The zero-order chi connectivity index (χ0) is 20.8. The summed E-state index contributed by atoms with van der Waals surface area (Å²) in [5.74, 6) is 1.42. The molecule has 0 unspecified atom stereocenters. The van der Waals surface area contributed by atoms with Gasteiger partial charge in [-0.05, 0) is 61.0 Å². The van der Waals surface area contributed by atoms with E-state index in [4.69, 9.17) is 16.3 Å². The number of rotatable bonds is 7. The van der Waals surface area contributed by atoms with Gasteiger partial charge in [-0.15, -0.1) is 10.2 Å². The van der Waals surface area contributed by atoms with Crippen molar-refractivity contribution in [2.24, 2.45) is 12.1 Å². The molecule has 0 atom stereocenters. The number of benzene rings is 2. The highest BCUT2D eigenvalue weighted by Crippen LogP contribution is 2.23. The van der Waals surface area contributed by atoms with Gasteiger partial charge in [-0.2, -0.15) is 5.10 Å². The second kappa shape index (κ2) is 9.58. The van der Waals surface area contributed by atoms with Crippen molar-refractivity contribution < 1.29 is 9.53 Å². The lowest BCUT2D eigenvalue weighted by molar-refractivity contribution is -0.118. The van der Waals surface area contributed by atoms with Crippen molar-refractivity contribution >= 4 is 35.0 Å². The summed E-state index contributed by atoms with van der Waals surface area (Å²) in [7, 11) is 3.47. The van der Waals surface area contributed by atoms with Crippen LogP contribution in [0.1, 0.15) is 12.5 Å². The van der Waals surface area contributed by atoms with Crippen molar-refractivity contribution in [1.82, 2.24) is 20.2 Å². The fourth-order valence-electron chi connectivity index (χ4n) is 2.50. The first kappa shape index (κ1) is 20.9. The number of carbonyl (C=O) groups excluding carboxylic acids is 1. The molecule has 1 N–H and O–H groups in total. The van der Waals surface area contributed by atoms with Crippen molar-refractivity contribution in [3.05, 3.63) is 59.1 Å². The Balaban J connectivity index is 1.57. The van der Waals surface area contributed by atoms with Crippen molar-refractivity contribution in [1.29, 1.82) is 0 Å². The summed E-state index contributed by atoms with van der Waals surface area (Å²) in [6.07, 6.45) is 0. The molecule has 0 aliphatic carbocycles. The maximum Gasteiger partial charge on any atom is 0.250 e. The zero-order valence-corrected chi connectivity index (χ0v) is 17.8. The molecule has 0 fully saturated rings. The number of carbonyl (C=O) groups is 1. The van der Waals surface area contributed by atoms with Crippen LogP contribution in [0.15, 0.2) is 58.8 Å². The highest BCUT2D eigenvalue weighted by molar-refractivity contribution is 7.99. The van der Waals surface area contributed by atoms with Crippen LogP contribution in [-0.2, 0) is 11.8 Å². The fraction of sp³-hybridized carbons (Fsp3) is 0.200. The minimum Gasteiger partial charge on any atom is -0.497 e. The predicted octanol–water partition coefficient (Wildman–Crippen LogP) is 3.78. The maximum atomic E-state index is 12.1. The van der Waals surface area contributed by atoms with E-state index in [9.17, 15) is 4.79 Å². The number of hydrogen-bond acceptors (Lipinski definition) is 6. The van der Waals surface area contributed by atoms with Crippen LogP contribution in [0.2, 0.25) is 5.02 Å². The molecule has 1 amide bonds. The number of nitrogens with one attached hydrogen (secondary N) is 1. The van der Waals surface area contributed by atoms with Gasteiger partial charge in [-0.25, -0.2) is 5.43 Å². The third-order valence-corrected chi connectivity index (χ3v) is 5.40. The number of hydrogen-bond donors (Lipinski definition) is 1. The molecule has 2 aromatic carbocycles. The Hall–Kier alpha value is -2.84. The van der Waals surface area contributed by atoms with E-state index in [2.05, 4.69) is 20.7 Å². The number of aromatic nitrogens is 3. The normalized spacial score (nSPS) is 11.4. The van der Waals surface area contributed by atoms with Gasteiger partial charge in [0.15, 0.2) is 11.0 Å². The zero-order valence-electron chi connectivity index (χ0n) is 16.2. The standard InChI is InChI=1S/C20H20ClN5O2S/c1-13(14-6-10-17(28-3)11-7-14)22-23-18(27)12-29-20-25-24-19(26(20)2)15-4-8-16(21)9-5-15/h4-11H,12H2,1-3H3,(H,23,27). The van der Waals surface area contributed by atoms with Crippen LogP contribution < -0.4 is 10.2 Å². The molecule has 29 heavy (non-hydrogen) atoms. The molecule has 3 aromatic rings. The van der Waals surface area contributed by atoms with E-state index < -0.39 is 0 Å². The van der Waals surface area contributed by atoms with Gasteiger partial charge in [0.2, 0.25) is 0 Å². The molecule has 0 saturated heterocycles. The molecular formula is C20H20ClN5O2S. The molecular weight excluding hydrogens is 410 g/mol. The van der Waals surface area contributed by atoms with Gasteiger partial charge >= 0.3 is 0 Å². The number of methoxy groups -OCH3 is 1. The minimum atomic E-state index is -0.223. The molecule has 0 aliphatic heterocycles. The minimum absolute atomic E-state index is 0.173. The molecule has 1 aromatic heterocycles. The summed E-state index contributed by atoms with van der Waals surface area (Å²) >= 11 is 7.22. The van der Waals surface area contributed by atoms with Crippen molar-refractivity contribution in [2.45, 2.75) is 12.1 Å². The van der Waals surface area contributed by atoms with E-state index in [1.165, 1.54) is 11.8 Å². The lowest BCUT2D eigenvalue weighted by Crippen LogP contribution is -2.21. The number of nitrogens with zero attached hydrogens (tertiary/aromatic N) is 4. The van der Waals surface area contributed by atoms with E-state index in [1.807, 2.05) is 54.9 Å². The molecule has 0 radical (unpaired) electrons. The first-order valence-corrected chi connectivity index (χ1v) is 10.1. The van der Waals surface area contributed by atoms with Crippen LogP contribution in [0.25, 0.3) is 11.4 Å². The summed E-state index contributed by atoms with van der Waals surface area (Å²) in [5, 5.41) is 13.8. The molecule has 0 aliphatic rings. The van der Waals surface area contributed by atoms with Crippen LogP contribution in [-0.4, -0.2) is 39.2 Å². The average molecular weight is 430 g/mol.